The summed E-state index contributed by atoms with van der Waals surface area (Å²) < 4.78 is 19.8. The average Bonchev–Trinajstić information content (AvgIpc) is 3.12. The molecule has 1 aromatic heterocycles. The number of nitrogens with one attached hydrogen (secondary N) is 2. The molecule has 0 saturated heterocycles. The topological polar surface area (TPSA) is 67.4 Å². The van der Waals surface area contributed by atoms with E-state index in [9.17, 15) is 14.0 Å². The highest BCUT2D eigenvalue weighted by Crippen LogP contribution is 2.40. The normalized spacial score (nSPS) is 15.0. The second kappa shape index (κ2) is 9.53. The van der Waals surface area contributed by atoms with E-state index in [1.807, 2.05) is 19.1 Å². The highest BCUT2D eigenvalue weighted by molar-refractivity contribution is 7.17. The van der Waals surface area contributed by atoms with E-state index in [2.05, 4.69) is 17.6 Å². The number of carbonyl (C=O) groups excluding carboxylic acids is 2. The molecular weight excluding hydrogens is 427 g/mol. The van der Waals surface area contributed by atoms with Gasteiger partial charge in [-0.1, -0.05) is 31.2 Å². The van der Waals surface area contributed by atoms with E-state index in [-0.39, 0.29) is 11.5 Å². The number of amides is 2. The van der Waals surface area contributed by atoms with Crippen LogP contribution in [-0.2, 0) is 12.8 Å². The summed E-state index contributed by atoms with van der Waals surface area (Å²) in [5, 5.41) is 6.18. The summed E-state index contributed by atoms with van der Waals surface area (Å²) in [5.41, 5.74) is 1.92. The molecule has 2 N–H and O–H groups in total. The van der Waals surface area contributed by atoms with Gasteiger partial charge in [0.2, 0.25) is 0 Å². The summed E-state index contributed by atoms with van der Waals surface area (Å²) in [4.78, 5) is 27.3. The number of rotatable bonds is 6. The van der Waals surface area contributed by atoms with Crippen molar-refractivity contribution in [1.29, 1.82) is 0 Å². The van der Waals surface area contributed by atoms with Gasteiger partial charge in [-0.3, -0.25) is 9.59 Å². The molecule has 0 bridgehead atoms. The van der Waals surface area contributed by atoms with Gasteiger partial charge in [0.25, 0.3) is 11.8 Å². The third kappa shape index (κ3) is 4.53. The number of para-hydroxylation sites is 2. The van der Waals surface area contributed by atoms with Gasteiger partial charge in [0.05, 0.1) is 23.4 Å². The van der Waals surface area contributed by atoms with Crippen LogP contribution < -0.4 is 15.4 Å². The zero-order valence-corrected chi connectivity index (χ0v) is 18.9. The first-order chi connectivity index (χ1) is 15.5. The van der Waals surface area contributed by atoms with Crippen molar-refractivity contribution in [2.75, 3.05) is 17.2 Å². The van der Waals surface area contributed by atoms with Crippen LogP contribution in [0.25, 0.3) is 0 Å². The smallest absolute Gasteiger partial charge is 0.259 e. The predicted octanol–water partition coefficient (Wildman–Crippen LogP) is 5.92. The SMILES string of the molecule is CCOc1ccccc1NC(=O)c1c(NC(=O)c2ccccc2F)sc2c1CC[C@H](C)C2. The minimum absolute atomic E-state index is 0.0553. The molecular formula is C25H25FN2O3S. The maximum Gasteiger partial charge on any atom is 0.259 e. The first-order valence-corrected chi connectivity index (χ1v) is 11.5. The Morgan fingerprint density at radius 2 is 1.84 bits per heavy atom. The fourth-order valence-electron chi connectivity index (χ4n) is 3.93. The fraction of sp³-hybridized carbons (Fsp3) is 0.280. The van der Waals surface area contributed by atoms with Gasteiger partial charge in [0.15, 0.2) is 0 Å². The van der Waals surface area contributed by atoms with E-state index >= 15 is 0 Å². The number of thiophene rings is 1. The number of benzene rings is 2. The molecule has 1 aliphatic rings. The molecule has 2 amide bonds. The molecule has 0 radical (unpaired) electrons. The van der Waals surface area contributed by atoms with E-state index in [0.717, 1.165) is 29.7 Å². The molecule has 0 aliphatic heterocycles. The minimum Gasteiger partial charge on any atom is -0.492 e. The van der Waals surface area contributed by atoms with Crippen molar-refractivity contribution in [2.24, 2.45) is 5.92 Å². The first kappa shape index (κ1) is 22.0. The maximum absolute atomic E-state index is 14.1. The number of fused-ring (bicyclic) bond motifs is 1. The van der Waals surface area contributed by atoms with Crippen molar-refractivity contribution in [3.63, 3.8) is 0 Å². The van der Waals surface area contributed by atoms with E-state index < -0.39 is 11.7 Å². The third-order valence-corrected chi connectivity index (χ3v) is 6.69. The van der Waals surface area contributed by atoms with Gasteiger partial charge in [-0.25, -0.2) is 4.39 Å². The lowest BCUT2D eigenvalue weighted by Gasteiger charge is -2.19. The number of hydrogen-bond donors (Lipinski definition) is 2. The van der Waals surface area contributed by atoms with Crippen molar-refractivity contribution in [2.45, 2.75) is 33.1 Å². The maximum atomic E-state index is 14.1. The highest BCUT2D eigenvalue weighted by atomic mass is 32.1. The van der Waals surface area contributed by atoms with Crippen molar-refractivity contribution in [3.8, 4) is 5.75 Å². The van der Waals surface area contributed by atoms with E-state index in [1.165, 1.54) is 29.5 Å². The Kier molecular flexibility index (Phi) is 6.55. The first-order valence-electron chi connectivity index (χ1n) is 10.7. The van der Waals surface area contributed by atoms with Crippen LogP contribution in [0.3, 0.4) is 0 Å². The van der Waals surface area contributed by atoms with Crippen LogP contribution in [0.1, 0.15) is 51.4 Å². The van der Waals surface area contributed by atoms with Gasteiger partial charge in [-0.05, 0) is 61.9 Å². The Bertz CT molecular complexity index is 1160. The monoisotopic (exact) mass is 452 g/mol. The van der Waals surface area contributed by atoms with Gasteiger partial charge in [0, 0.05) is 4.88 Å². The van der Waals surface area contributed by atoms with E-state index in [1.54, 1.807) is 18.2 Å². The molecule has 166 valence electrons. The molecule has 1 aliphatic carbocycles. The van der Waals surface area contributed by atoms with Crippen molar-refractivity contribution >= 4 is 33.8 Å². The summed E-state index contributed by atoms with van der Waals surface area (Å²) in [6, 6.07) is 13.1. The van der Waals surface area contributed by atoms with Crippen LogP contribution in [0.4, 0.5) is 15.1 Å². The Labute approximate surface area is 190 Å². The summed E-state index contributed by atoms with van der Waals surface area (Å²) in [6.45, 7) is 4.53. The second-order valence-electron chi connectivity index (χ2n) is 7.87. The Morgan fingerprint density at radius 1 is 1.09 bits per heavy atom. The number of halogens is 1. The van der Waals surface area contributed by atoms with Gasteiger partial charge in [0.1, 0.15) is 16.6 Å². The Hall–Kier alpha value is -3.19. The fourth-order valence-corrected chi connectivity index (χ4v) is 5.33. The molecule has 4 rings (SSSR count). The highest BCUT2D eigenvalue weighted by Gasteiger charge is 2.29. The van der Waals surface area contributed by atoms with E-state index in [0.29, 0.717) is 34.5 Å². The van der Waals surface area contributed by atoms with Crippen molar-refractivity contribution in [3.05, 3.63) is 75.9 Å². The number of ether oxygens (including phenoxy) is 1. The van der Waals surface area contributed by atoms with Crippen LogP contribution in [0.2, 0.25) is 0 Å². The lowest BCUT2D eigenvalue weighted by atomic mass is 9.88. The zero-order valence-electron chi connectivity index (χ0n) is 18.0. The number of anilines is 2. The van der Waals surface area contributed by atoms with Crippen LogP contribution >= 0.6 is 11.3 Å². The summed E-state index contributed by atoms with van der Waals surface area (Å²) in [6.07, 6.45) is 2.59. The quantitative estimate of drug-likeness (QED) is 0.488. The van der Waals surface area contributed by atoms with Gasteiger partial charge in [-0.15, -0.1) is 11.3 Å². The second-order valence-corrected chi connectivity index (χ2v) is 8.98. The van der Waals surface area contributed by atoms with E-state index in [4.69, 9.17) is 4.74 Å². The van der Waals surface area contributed by atoms with Crippen LogP contribution in [0.5, 0.6) is 5.75 Å². The van der Waals surface area contributed by atoms with Gasteiger partial charge in [-0.2, -0.15) is 0 Å². The molecule has 0 spiro atoms. The molecule has 1 heterocycles. The lowest BCUT2D eigenvalue weighted by Crippen LogP contribution is -2.20. The number of carbonyl (C=O) groups is 2. The molecule has 5 nitrogen and oxygen atoms in total. The minimum atomic E-state index is -0.600. The van der Waals surface area contributed by atoms with Crippen LogP contribution in [0, 0.1) is 11.7 Å². The zero-order chi connectivity index (χ0) is 22.7. The standard InChI is InChI=1S/C25H25FN2O3S/c1-3-31-20-11-7-6-10-19(20)27-24(30)22-17-13-12-15(2)14-21(17)32-25(22)28-23(29)16-8-4-5-9-18(16)26/h4-11,15H,3,12-14H2,1-2H3,(H,27,30)(H,28,29)/t15-/m0/s1. The van der Waals surface area contributed by atoms with Gasteiger partial charge < -0.3 is 15.4 Å². The summed E-state index contributed by atoms with van der Waals surface area (Å²) in [5.74, 6) is -0.396. The van der Waals surface area contributed by atoms with Gasteiger partial charge >= 0.3 is 0 Å². The molecule has 2 aromatic carbocycles. The van der Waals surface area contributed by atoms with Crippen LogP contribution in [-0.4, -0.2) is 18.4 Å². The summed E-state index contributed by atoms with van der Waals surface area (Å²) in [7, 11) is 0. The van der Waals surface area contributed by atoms with Crippen LogP contribution in [0.15, 0.2) is 48.5 Å². The number of hydrogen-bond acceptors (Lipinski definition) is 4. The molecule has 7 heteroatoms. The molecule has 1 atom stereocenters. The molecule has 0 fully saturated rings. The molecule has 0 unspecified atom stereocenters. The summed E-state index contributed by atoms with van der Waals surface area (Å²) >= 11 is 1.40. The Morgan fingerprint density at radius 3 is 2.62 bits per heavy atom. The largest absolute Gasteiger partial charge is 0.492 e. The lowest BCUT2D eigenvalue weighted by molar-refractivity contribution is 0.102. The predicted molar refractivity (Wildman–Crippen MR) is 125 cm³/mol. The third-order valence-electron chi connectivity index (χ3n) is 5.52. The average molecular weight is 453 g/mol. The Balaban J connectivity index is 1.68. The molecule has 3 aromatic rings. The van der Waals surface area contributed by atoms with Crippen molar-refractivity contribution < 1.29 is 18.7 Å². The molecule has 0 saturated carbocycles. The van der Waals surface area contributed by atoms with Crippen molar-refractivity contribution in [1.82, 2.24) is 0 Å². The molecule has 32 heavy (non-hydrogen) atoms.